The number of likely N-dealkylation sites (N-methyl/N-ethyl adjacent to an activating group) is 1. The van der Waals surface area contributed by atoms with Crippen molar-refractivity contribution in [3.63, 3.8) is 0 Å². The second-order valence-corrected chi connectivity index (χ2v) is 5.41. The maximum absolute atomic E-state index is 12.1. The van der Waals surface area contributed by atoms with E-state index in [1.807, 2.05) is 0 Å². The number of nitrogens with two attached hydrogens (primary N) is 1. The van der Waals surface area contributed by atoms with Gasteiger partial charge in [-0.3, -0.25) is 9.59 Å². The van der Waals surface area contributed by atoms with Crippen LogP contribution in [0.25, 0.3) is 0 Å². The Hall–Kier alpha value is -2.08. The molecular formula is C14H18N2O4. The highest BCUT2D eigenvalue weighted by molar-refractivity contribution is 6.02. The third-order valence-corrected chi connectivity index (χ3v) is 3.35. The van der Waals surface area contributed by atoms with Crippen LogP contribution in [0.3, 0.4) is 0 Å². The molecule has 1 aromatic carbocycles. The van der Waals surface area contributed by atoms with Gasteiger partial charge in [-0.1, -0.05) is 6.07 Å². The average Bonchev–Trinajstić information content (AvgIpc) is 2.34. The molecule has 0 aliphatic carbocycles. The Morgan fingerprint density at radius 1 is 1.50 bits per heavy atom. The van der Waals surface area contributed by atoms with Gasteiger partial charge in [0.2, 0.25) is 0 Å². The van der Waals surface area contributed by atoms with Crippen molar-refractivity contribution in [2.75, 3.05) is 11.9 Å². The number of hydrogen-bond acceptors (Lipinski definition) is 4. The Morgan fingerprint density at radius 3 is 2.75 bits per heavy atom. The predicted octanol–water partition coefficient (Wildman–Crippen LogP) is 1.29. The molecule has 2 rings (SSSR count). The zero-order valence-electron chi connectivity index (χ0n) is 11.7. The van der Waals surface area contributed by atoms with Gasteiger partial charge >= 0.3 is 5.97 Å². The van der Waals surface area contributed by atoms with Crippen LogP contribution in [0.5, 0.6) is 5.75 Å². The number of carbonyl (C=O) groups excluding carboxylic acids is 1. The molecule has 0 aromatic heterocycles. The highest BCUT2D eigenvalue weighted by Crippen LogP contribution is 2.38. The minimum atomic E-state index is -0.961. The molecule has 1 aliphatic rings. The lowest BCUT2D eigenvalue weighted by molar-refractivity contribution is -0.137. The molecule has 0 spiro atoms. The summed E-state index contributed by atoms with van der Waals surface area (Å²) in [6.07, 6.45) is -0.164. The summed E-state index contributed by atoms with van der Waals surface area (Å²) in [5, 5.41) is 8.78. The average molecular weight is 278 g/mol. The van der Waals surface area contributed by atoms with Crippen molar-refractivity contribution in [3.8, 4) is 5.75 Å². The smallest absolute Gasteiger partial charge is 0.305 e. The topological polar surface area (TPSA) is 92.9 Å². The van der Waals surface area contributed by atoms with Gasteiger partial charge in [-0.2, -0.15) is 0 Å². The Labute approximate surface area is 117 Å². The summed E-state index contributed by atoms with van der Waals surface area (Å²) < 4.78 is 5.67. The lowest BCUT2D eigenvalue weighted by Gasteiger charge is -2.37. The number of hydrogen-bond donors (Lipinski definition) is 2. The molecule has 6 nitrogen and oxygen atoms in total. The standard InChI is InChI=1S/C14H18N2O4/c1-14(2)13(19)16(3)10-6-8(4-5-11(10)20-14)9(15)7-12(17)18/h4-6,9H,7,15H2,1-3H3,(H,17,18). The maximum Gasteiger partial charge on any atom is 0.305 e. The first-order chi connectivity index (χ1) is 9.22. The number of amides is 1. The van der Waals surface area contributed by atoms with Crippen LogP contribution >= 0.6 is 0 Å². The van der Waals surface area contributed by atoms with Gasteiger partial charge in [-0.05, 0) is 31.5 Å². The van der Waals surface area contributed by atoms with E-state index in [2.05, 4.69) is 0 Å². The Balaban J connectivity index is 2.37. The first kappa shape index (κ1) is 14.3. The van der Waals surface area contributed by atoms with Crippen LogP contribution in [0.2, 0.25) is 0 Å². The van der Waals surface area contributed by atoms with Crippen LogP contribution in [0, 0.1) is 0 Å². The zero-order valence-corrected chi connectivity index (χ0v) is 11.7. The number of rotatable bonds is 3. The molecule has 6 heteroatoms. The van der Waals surface area contributed by atoms with Crippen molar-refractivity contribution in [1.29, 1.82) is 0 Å². The number of carboxylic acid groups (broad SMARTS) is 1. The molecule has 0 saturated carbocycles. The van der Waals surface area contributed by atoms with Crippen LogP contribution in [-0.2, 0) is 9.59 Å². The van der Waals surface area contributed by atoms with Crippen LogP contribution in [0.1, 0.15) is 31.9 Å². The Bertz CT molecular complexity index is 568. The molecule has 1 amide bonds. The monoisotopic (exact) mass is 278 g/mol. The summed E-state index contributed by atoms with van der Waals surface area (Å²) in [6, 6.07) is 4.54. The van der Waals surface area contributed by atoms with Crippen LogP contribution in [0.4, 0.5) is 5.69 Å². The number of aliphatic carboxylic acids is 1. The number of benzene rings is 1. The molecule has 1 aromatic rings. The lowest BCUT2D eigenvalue weighted by atomic mass is 10.00. The number of anilines is 1. The predicted molar refractivity (Wildman–Crippen MR) is 73.7 cm³/mol. The van der Waals surface area contributed by atoms with Gasteiger partial charge in [0.1, 0.15) is 5.75 Å². The molecule has 0 bridgehead atoms. The van der Waals surface area contributed by atoms with Crippen molar-refractivity contribution in [3.05, 3.63) is 23.8 Å². The van der Waals surface area contributed by atoms with Crippen molar-refractivity contribution >= 4 is 17.6 Å². The van der Waals surface area contributed by atoms with E-state index in [1.165, 1.54) is 4.90 Å². The minimum Gasteiger partial charge on any atom is -0.481 e. The largest absolute Gasteiger partial charge is 0.481 e. The first-order valence-corrected chi connectivity index (χ1v) is 6.31. The van der Waals surface area contributed by atoms with Crippen LogP contribution in [-0.4, -0.2) is 29.6 Å². The van der Waals surface area contributed by atoms with Crippen molar-refractivity contribution < 1.29 is 19.4 Å². The van der Waals surface area contributed by atoms with E-state index in [4.69, 9.17) is 15.6 Å². The van der Waals surface area contributed by atoms with Crippen molar-refractivity contribution in [2.24, 2.45) is 5.73 Å². The first-order valence-electron chi connectivity index (χ1n) is 6.31. The van der Waals surface area contributed by atoms with E-state index >= 15 is 0 Å². The van der Waals surface area contributed by atoms with E-state index in [1.54, 1.807) is 39.1 Å². The molecule has 3 N–H and O–H groups in total. The second-order valence-electron chi connectivity index (χ2n) is 5.41. The summed E-state index contributed by atoms with van der Waals surface area (Å²) in [5.41, 5.74) is 6.19. The molecule has 1 heterocycles. The normalized spacial score (nSPS) is 18.2. The minimum absolute atomic E-state index is 0.158. The molecule has 0 radical (unpaired) electrons. The quantitative estimate of drug-likeness (QED) is 0.869. The van der Waals surface area contributed by atoms with Gasteiger partial charge in [-0.25, -0.2) is 0 Å². The summed E-state index contributed by atoms with van der Waals surface area (Å²) in [4.78, 5) is 24.4. The van der Waals surface area contributed by atoms with Gasteiger partial charge in [0, 0.05) is 13.1 Å². The molecule has 108 valence electrons. The van der Waals surface area contributed by atoms with E-state index < -0.39 is 17.6 Å². The SMILES string of the molecule is CN1C(=O)C(C)(C)Oc2ccc(C(N)CC(=O)O)cc21. The van der Waals surface area contributed by atoms with Gasteiger partial charge in [0.15, 0.2) is 5.60 Å². The molecule has 1 unspecified atom stereocenters. The van der Waals surface area contributed by atoms with E-state index in [-0.39, 0.29) is 12.3 Å². The van der Waals surface area contributed by atoms with E-state index in [0.717, 1.165) is 0 Å². The summed E-state index contributed by atoms with van der Waals surface area (Å²) in [5.74, 6) is -0.533. The fourth-order valence-electron chi connectivity index (χ4n) is 2.25. The molecule has 0 saturated heterocycles. The summed E-state index contributed by atoms with van der Waals surface area (Å²) in [6.45, 7) is 3.41. The highest BCUT2D eigenvalue weighted by Gasteiger charge is 2.39. The molecule has 0 fully saturated rings. The van der Waals surface area contributed by atoms with Crippen LogP contribution < -0.4 is 15.4 Å². The van der Waals surface area contributed by atoms with Crippen molar-refractivity contribution in [2.45, 2.75) is 31.9 Å². The Morgan fingerprint density at radius 2 is 2.15 bits per heavy atom. The lowest BCUT2D eigenvalue weighted by Crippen LogP contribution is -2.50. The number of carboxylic acids is 1. The number of carbonyl (C=O) groups is 2. The number of fused-ring (bicyclic) bond motifs is 1. The van der Waals surface area contributed by atoms with E-state index in [0.29, 0.717) is 17.0 Å². The van der Waals surface area contributed by atoms with Gasteiger partial charge in [-0.15, -0.1) is 0 Å². The van der Waals surface area contributed by atoms with E-state index in [9.17, 15) is 9.59 Å². The Kier molecular flexibility index (Phi) is 3.43. The van der Waals surface area contributed by atoms with Crippen LogP contribution in [0.15, 0.2) is 18.2 Å². The maximum atomic E-state index is 12.1. The summed E-state index contributed by atoms with van der Waals surface area (Å²) >= 11 is 0. The van der Waals surface area contributed by atoms with Gasteiger partial charge in [0.05, 0.1) is 12.1 Å². The van der Waals surface area contributed by atoms with Gasteiger partial charge in [0.25, 0.3) is 5.91 Å². The third kappa shape index (κ3) is 2.46. The fraction of sp³-hybridized carbons (Fsp3) is 0.429. The second kappa shape index (κ2) is 4.79. The highest BCUT2D eigenvalue weighted by atomic mass is 16.5. The molecule has 1 aliphatic heterocycles. The summed E-state index contributed by atoms with van der Waals surface area (Å²) in [7, 11) is 1.66. The van der Waals surface area contributed by atoms with Crippen molar-refractivity contribution in [1.82, 2.24) is 0 Å². The number of nitrogens with zero attached hydrogens (tertiary/aromatic N) is 1. The number of ether oxygens (including phenoxy) is 1. The fourth-order valence-corrected chi connectivity index (χ4v) is 2.25. The zero-order chi connectivity index (χ0) is 15.1. The molecule has 1 atom stereocenters. The molecular weight excluding hydrogens is 260 g/mol. The third-order valence-electron chi connectivity index (χ3n) is 3.35. The molecule has 20 heavy (non-hydrogen) atoms. The van der Waals surface area contributed by atoms with Gasteiger partial charge < -0.3 is 20.5 Å².